The Bertz CT molecular complexity index is 1000. The predicted octanol–water partition coefficient (Wildman–Crippen LogP) is 2.83. The van der Waals surface area contributed by atoms with Gasteiger partial charge in [-0.15, -0.1) is 10.2 Å². The number of halogens is 1. The molecule has 3 heterocycles. The van der Waals surface area contributed by atoms with E-state index in [9.17, 15) is 9.18 Å². The van der Waals surface area contributed by atoms with Crippen molar-refractivity contribution >= 4 is 5.91 Å². The molecule has 1 atom stereocenters. The number of hydrogen-bond donors (Lipinski definition) is 0. The van der Waals surface area contributed by atoms with Crippen LogP contribution in [-0.4, -0.2) is 41.9 Å². The van der Waals surface area contributed by atoms with Crippen molar-refractivity contribution < 1.29 is 9.18 Å². The Morgan fingerprint density at radius 1 is 1.11 bits per heavy atom. The van der Waals surface area contributed by atoms with Crippen LogP contribution in [0.3, 0.4) is 0 Å². The number of fused-ring (bicyclic) bond motifs is 1. The first kappa shape index (κ1) is 16.2. The maximum Gasteiger partial charge on any atom is 0.254 e. The van der Waals surface area contributed by atoms with Gasteiger partial charge in [-0.2, -0.15) is 5.10 Å². The molecule has 0 unspecified atom stereocenters. The van der Waals surface area contributed by atoms with Crippen LogP contribution in [0.15, 0.2) is 36.5 Å². The highest BCUT2D eigenvalue weighted by Gasteiger charge is 2.33. The molecular weight excluding hydrogens is 347 g/mol. The van der Waals surface area contributed by atoms with Crippen LogP contribution < -0.4 is 0 Å². The van der Waals surface area contributed by atoms with Gasteiger partial charge in [0, 0.05) is 24.8 Å². The van der Waals surface area contributed by atoms with Gasteiger partial charge in [0.25, 0.3) is 5.91 Å². The molecule has 3 aromatic rings. The molecule has 8 heteroatoms. The smallest absolute Gasteiger partial charge is 0.254 e. The molecule has 1 aliphatic carbocycles. The quantitative estimate of drug-likeness (QED) is 0.715. The molecule has 0 saturated heterocycles. The summed E-state index contributed by atoms with van der Waals surface area (Å²) in [5.74, 6) is 1.00. The third-order valence-corrected chi connectivity index (χ3v) is 5.30. The van der Waals surface area contributed by atoms with Gasteiger partial charge < -0.3 is 9.47 Å². The molecule has 0 radical (unpaired) electrons. The van der Waals surface area contributed by atoms with Crippen LogP contribution in [0.1, 0.15) is 48.0 Å². The number of carbonyl (C=O) groups excluding carboxylic acids is 1. The Morgan fingerprint density at radius 2 is 1.89 bits per heavy atom. The minimum atomic E-state index is -0.353. The molecule has 0 bridgehead atoms. The van der Waals surface area contributed by atoms with Crippen LogP contribution in [0, 0.1) is 5.82 Å². The molecule has 1 saturated carbocycles. The van der Waals surface area contributed by atoms with Crippen molar-refractivity contribution in [1.29, 1.82) is 0 Å². The van der Waals surface area contributed by atoms with Crippen LogP contribution >= 0.6 is 0 Å². The maximum absolute atomic E-state index is 13.1. The van der Waals surface area contributed by atoms with E-state index in [2.05, 4.69) is 15.3 Å². The van der Waals surface area contributed by atoms with Crippen LogP contribution in [0.2, 0.25) is 0 Å². The normalized spacial score (nSPS) is 19.2. The lowest BCUT2D eigenvalue weighted by atomic mass is 10.1. The van der Waals surface area contributed by atoms with Crippen molar-refractivity contribution in [3.8, 4) is 11.5 Å². The highest BCUT2D eigenvalue weighted by molar-refractivity contribution is 5.94. The molecule has 138 valence electrons. The number of rotatable bonds is 3. The molecule has 2 aliphatic rings. The average molecular weight is 366 g/mol. The molecule has 0 spiro atoms. The monoisotopic (exact) mass is 366 g/mol. The molecule has 27 heavy (non-hydrogen) atoms. The standard InChI is InChI=1S/C19H19FN6O/c1-12-17-21-22-18(16-8-9-26(23-16)15-6-7-15)25(17)11-10-24(12)19(27)13-2-4-14(20)5-3-13/h2-5,8-9,12,15H,6-7,10-11H2,1H3/t12-/m1/s1. The number of amides is 1. The van der Waals surface area contributed by atoms with Gasteiger partial charge in [-0.25, -0.2) is 4.39 Å². The fraction of sp³-hybridized carbons (Fsp3) is 0.368. The van der Waals surface area contributed by atoms with E-state index < -0.39 is 0 Å². The zero-order valence-corrected chi connectivity index (χ0v) is 14.9. The second-order valence-electron chi connectivity index (χ2n) is 7.13. The van der Waals surface area contributed by atoms with Crippen LogP contribution in [0.5, 0.6) is 0 Å². The summed E-state index contributed by atoms with van der Waals surface area (Å²) in [6.07, 6.45) is 4.35. The highest BCUT2D eigenvalue weighted by Crippen LogP contribution is 2.35. The van der Waals surface area contributed by atoms with E-state index in [-0.39, 0.29) is 17.8 Å². The summed E-state index contributed by atoms with van der Waals surface area (Å²) in [5, 5.41) is 13.3. The van der Waals surface area contributed by atoms with Gasteiger partial charge in [0.2, 0.25) is 0 Å². The molecule has 2 aromatic heterocycles. The Hall–Kier alpha value is -3.03. The summed E-state index contributed by atoms with van der Waals surface area (Å²) < 4.78 is 17.2. The van der Waals surface area contributed by atoms with Crippen molar-refractivity contribution in [2.24, 2.45) is 0 Å². The van der Waals surface area contributed by atoms with E-state index in [0.29, 0.717) is 24.7 Å². The first-order valence-electron chi connectivity index (χ1n) is 9.17. The first-order chi connectivity index (χ1) is 13.1. The molecule has 1 fully saturated rings. The van der Waals surface area contributed by atoms with E-state index >= 15 is 0 Å². The molecule has 1 aliphatic heterocycles. The second kappa shape index (κ2) is 6.00. The maximum atomic E-state index is 13.1. The van der Waals surface area contributed by atoms with Crippen LogP contribution in [0.4, 0.5) is 4.39 Å². The van der Waals surface area contributed by atoms with E-state index in [1.165, 1.54) is 37.1 Å². The number of nitrogens with zero attached hydrogens (tertiary/aromatic N) is 6. The third-order valence-electron chi connectivity index (χ3n) is 5.30. The largest absolute Gasteiger partial charge is 0.327 e. The number of aromatic nitrogens is 5. The van der Waals surface area contributed by atoms with Crippen molar-refractivity contribution in [1.82, 2.24) is 29.4 Å². The SMILES string of the molecule is C[C@@H]1c2nnc(-c3ccn(C4CC4)n3)n2CCN1C(=O)c1ccc(F)cc1. The Labute approximate surface area is 155 Å². The summed E-state index contributed by atoms with van der Waals surface area (Å²) >= 11 is 0. The number of benzene rings is 1. The van der Waals surface area contributed by atoms with Gasteiger partial charge >= 0.3 is 0 Å². The Balaban J connectivity index is 1.42. The van der Waals surface area contributed by atoms with Crippen LogP contribution in [0.25, 0.3) is 11.5 Å². The van der Waals surface area contributed by atoms with Gasteiger partial charge in [0.15, 0.2) is 11.6 Å². The summed E-state index contributed by atoms with van der Waals surface area (Å²) in [6, 6.07) is 7.90. The highest BCUT2D eigenvalue weighted by atomic mass is 19.1. The van der Waals surface area contributed by atoms with Gasteiger partial charge in [0.1, 0.15) is 11.5 Å². The molecular formula is C19H19FN6O. The third kappa shape index (κ3) is 2.72. The zero-order valence-electron chi connectivity index (χ0n) is 14.9. The van der Waals surface area contributed by atoms with Crippen molar-refractivity contribution in [3.63, 3.8) is 0 Å². The lowest BCUT2D eigenvalue weighted by Gasteiger charge is -2.33. The summed E-state index contributed by atoms with van der Waals surface area (Å²) in [7, 11) is 0. The predicted molar refractivity (Wildman–Crippen MR) is 95.4 cm³/mol. The fourth-order valence-electron chi connectivity index (χ4n) is 3.61. The van der Waals surface area contributed by atoms with E-state index in [4.69, 9.17) is 0 Å². The molecule has 1 amide bonds. The second-order valence-corrected chi connectivity index (χ2v) is 7.13. The average Bonchev–Trinajstić information content (AvgIpc) is 3.24. The van der Waals surface area contributed by atoms with Gasteiger partial charge in [-0.1, -0.05) is 0 Å². The van der Waals surface area contributed by atoms with E-state index in [1.807, 2.05) is 28.4 Å². The lowest BCUT2D eigenvalue weighted by molar-refractivity contribution is 0.0638. The lowest BCUT2D eigenvalue weighted by Crippen LogP contribution is -2.41. The Kier molecular flexibility index (Phi) is 3.60. The minimum absolute atomic E-state index is 0.128. The first-order valence-corrected chi connectivity index (χ1v) is 9.17. The molecule has 7 nitrogen and oxygen atoms in total. The summed E-state index contributed by atoms with van der Waals surface area (Å²) in [6.45, 7) is 3.08. The van der Waals surface area contributed by atoms with Gasteiger partial charge in [-0.05, 0) is 50.1 Å². The van der Waals surface area contributed by atoms with Crippen molar-refractivity contribution in [2.75, 3.05) is 6.54 Å². The summed E-state index contributed by atoms with van der Waals surface area (Å²) in [4.78, 5) is 14.6. The van der Waals surface area contributed by atoms with E-state index in [1.54, 1.807) is 4.90 Å². The van der Waals surface area contributed by atoms with Gasteiger partial charge in [-0.3, -0.25) is 9.48 Å². The zero-order chi connectivity index (χ0) is 18.5. The molecule has 1 aromatic carbocycles. The Morgan fingerprint density at radius 3 is 2.63 bits per heavy atom. The van der Waals surface area contributed by atoms with E-state index in [0.717, 1.165) is 17.3 Å². The molecule has 0 N–H and O–H groups in total. The summed E-state index contributed by atoms with van der Waals surface area (Å²) in [5.41, 5.74) is 1.28. The minimum Gasteiger partial charge on any atom is -0.327 e. The van der Waals surface area contributed by atoms with Crippen molar-refractivity contribution in [2.45, 2.75) is 38.4 Å². The number of hydrogen-bond acceptors (Lipinski definition) is 4. The molecule has 5 rings (SSSR count). The topological polar surface area (TPSA) is 68.8 Å². The van der Waals surface area contributed by atoms with Crippen LogP contribution in [-0.2, 0) is 6.54 Å². The fourth-order valence-corrected chi connectivity index (χ4v) is 3.61. The number of carbonyl (C=O) groups is 1. The van der Waals surface area contributed by atoms with Crippen molar-refractivity contribution in [3.05, 3.63) is 53.7 Å². The van der Waals surface area contributed by atoms with Gasteiger partial charge in [0.05, 0.1) is 12.1 Å².